The van der Waals surface area contributed by atoms with Crippen LogP contribution in [0.4, 0.5) is 17.6 Å². The lowest BCUT2D eigenvalue weighted by Crippen LogP contribution is -2.58. The lowest BCUT2D eigenvalue weighted by Gasteiger charge is -2.62. The molecular weight excluding hydrogens is 498 g/mol. The molecule has 4 fully saturated rings. The summed E-state index contributed by atoms with van der Waals surface area (Å²) in [5.74, 6) is -4.43. The van der Waals surface area contributed by atoms with Crippen molar-refractivity contribution in [2.24, 2.45) is 46.3 Å². The van der Waals surface area contributed by atoms with Crippen molar-refractivity contribution < 1.29 is 32.2 Å². The van der Waals surface area contributed by atoms with Crippen molar-refractivity contribution in [1.82, 2.24) is 4.98 Å². The Bertz CT molecular complexity index is 1190. The number of benzene rings is 1. The highest BCUT2D eigenvalue weighted by Crippen LogP contribution is 2.68. The lowest BCUT2D eigenvalue weighted by atomic mass is 9.43. The van der Waals surface area contributed by atoms with Crippen LogP contribution < -0.4 is 0 Å². The maximum absolute atomic E-state index is 14.1. The molecule has 1 unspecified atom stereocenters. The van der Waals surface area contributed by atoms with Gasteiger partial charge in [0, 0.05) is 6.42 Å². The normalized spacial score (nSPS) is 41.6. The highest BCUT2D eigenvalue weighted by atomic mass is 19.2. The van der Waals surface area contributed by atoms with Gasteiger partial charge in [-0.05, 0) is 104 Å². The second-order valence-corrected chi connectivity index (χ2v) is 13.5. The molecule has 2 aromatic rings. The zero-order valence-electron chi connectivity index (χ0n) is 22.5. The topological polar surface area (TPSA) is 66.5 Å². The molecule has 0 amide bonds. The highest BCUT2D eigenvalue weighted by molar-refractivity contribution is 5.74. The molecule has 10 atom stereocenters. The smallest absolute Gasteiger partial charge is 0.206 e. The fraction of sp³-hybridized carbons (Fsp3) is 0.767. The Morgan fingerprint density at radius 2 is 1.58 bits per heavy atom. The molecule has 210 valence electrons. The standard InChI is InChI=1S/C30H39F4NO3/c1-14(4-7-21-35-27-25(33)23(31)24(32)26(34)28(27)38-21)17-5-6-18-22-19(9-11-30(17,18)3)29(2)10-8-16(36)12-15(29)13-20(22)37/h14-20,22,36-37H,4-13H2,1-3H3/t14?,15-,16+,17+,18-,19-,20+,22-,29-,30+/m0/s1. The predicted octanol–water partition coefficient (Wildman–Crippen LogP) is 6.94. The van der Waals surface area contributed by atoms with E-state index in [1.165, 1.54) is 0 Å². The number of aliphatic hydroxyl groups is 2. The minimum atomic E-state index is -1.89. The van der Waals surface area contributed by atoms with Gasteiger partial charge in [-0.3, -0.25) is 0 Å². The van der Waals surface area contributed by atoms with Crippen LogP contribution in [0.15, 0.2) is 4.42 Å². The van der Waals surface area contributed by atoms with Gasteiger partial charge in [0.1, 0.15) is 0 Å². The molecule has 0 bridgehead atoms. The molecule has 0 aliphatic heterocycles. The van der Waals surface area contributed by atoms with Gasteiger partial charge >= 0.3 is 0 Å². The fourth-order valence-electron chi connectivity index (χ4n) is 9.89. The molecule has 1 aromatic carbocycles. The average molecular weight is 538 g/mol. The molecule has 0 saturated heterocycles. The number of fused-ring (bicyclic) bond motifs is 6. The molecule has 1 aromatic heterocycles. The number of aliphatic hydroxyl groups excluding tert-OH is 2. The zero-order valence-corrected chi connectivity index (χ0v) is 22.5. The Kier molecular flexibility index (Phi) is 6.42. The number of nitrogens with zero attached hydrogens (tertiary/aromatic N) is 1. The van der Waals surface area contributed by atoms with E-state index in [1.807, 2.05) is 0 Å². The van der Waals surface area contributed by atoms with Crippen LogP contribution in [0.2, 0.25) is 0 Å². The van der Waals surface area contributed by atoms with Gasteiger partial charge in [0.25, 0.3) is 0 Å². The van der Waals surface area contributed by atoms with Crippen molar-refractivity contribution >= 4 is 11.1 Å². The Hall–Kier alpha value is -1.67. The van der Waals surface area contributed by atoms with Crippen LogP contribution in [0.5, 0.6) is 0 Å². The van der Waals surface area contributed by atoms with Gasteiger partial charge in [-0.25, -0.2) is 18.2 Å². The van der Waals surface area contributed by atoms with E-state index < -0.39 is 34.4 Å². The number of aryl methyl sites for hydroxylation is 1. The van der Waals surface area contributed by atoms with Gasteiger partial charge in [0.2, 0.25) is 11.6 Å². The molecule has 2 N–H and O–H groups in total. The summed E-state index contributed by atoms with van der Waals surface area (Å²) in [6, 6.07) is 0. The molecule has 4 aliphatic carbocycles. The van der Waals surface area contributed by atoms with Crippen LogP contribution in [-0.4, -0.2) is 27.4 Å². The fourth-order valence-corrected chi connectivity index (χ4v) is 9.89. The first-order chi connectivity index (χ1) is 18.0. The van der Waals surface area contributed by atoms with Crippen molar-refractivity contribution in [3.05, 3.63) is 29.2 Å². The van der Waals surface area contributed by atoms with Crippen molar-refractivity contribution in [2.45, 2.75) is 97.2 Å². The van der Waals surface area contributed by atoms with Crippen LogP contribution in [0, 0.1) is 69.6 Å². The summed E-state index contributed by atoms with van der Waals surface area (Å²) in [4.78, 5) is 3.95. The van der Waals surface area contributed by atoms with E-state index in [9.17, 15) is 27.8 Å². The minimum Gasteiger partial charge on any atom is -0.437 e. The molecule has 1 heterocycles. The van der Waals surface area contributed by atoms with E-state index in [0.29, 0.717) is 36.5 Å². The minimum absolute atomic E-state index is 0.0826. The van der Waals surface area contributed by atoms with Crippen LogP contribution in [0.1, 0.15) is 84.4 Å². The molecule has 0 spiro atoms. The first kappa shape index (κ1) is 26.5. The third kappa shape index (κ3) is 3.79. The molecule has 38 heavy (non-hydrogen) atoms. The number of aromatic nitrogens is 1. The highest BCUT2D eigenvalue weighted by Gasteiger charge is 2.62. The van der Waals surface area contributed by atoms with Crippen molar-refractivity contribution in [1.29, 1.82) is 0 Å². The quantitative estimate of drug-likeness (QED) is 0.252. The molecular formula is C30H39F4NO3. The van der Waals surface area contributed by atoms with Crippen LogP contribution in [0.25, 0.3) is 11.1 Å². The van der Waals surface area contributed by atoms with Gasteiger partial charge in [-0.1, -0.05) is 20.8 Å². The van der Waals surface area contributed by atoms with Gasteiger partial charge < -0.3 is 14.6 Å². The van der Waals surface area contributed by atoms with Crippen LogP contribution >= 0.6 is 0 Å². The summed E-state index contributed by atoms with van der Waals surface area (Å²) in [5.41, 5.74) is -0.998. The average Bonchev–Trinajstić information content (AvgIpc) is 3.47. The Morgan fingerprint density at radius 1 is 0.895 bits per heavy atom. The first-order valence-corrected chi connectivity index (χ1v) is 14.4. The van der Waals surface area contributed by atoms with E-state index in [-0.39, 0.29) is 40.8 Å². The Morgan fingerprint density at radius 3 is 2.34 bits per heavy atom. The predicted molar refractivity (Wildman–Crippen MR) is 134 cm³/mol. The van der Waals surface area contributed by atoms with E-state index in [1.54, 1.807) is 0 Å². The molecule has 0 radical (unpaired) electrons. The summed E-state index contributed by atoms with van der Waals surface area (Å²) < 4.78 is 60.8. The van der Waals surface area contributed by atoms with E-state index in [4.69, 9.17) is 4.42 Å². The largest absolute Gasteiger partial charge is 0.437 e. The maximum Gasteiger partial charge on any atom is 0.206 e. The summed E-state index contributed by atoms with van der Waals surface area (Å²) in [7, 11) is 0. The Labute approximate surface area is 221 Å². The van der Waals surface area contributed by atoms with Crippen molar-refractivity contribution in [3.63, 3.8) is 0 Å². The lowest BCUT2D eigenvalue weighted by molar-refractivity contribution is -0.174. The number of rotatable bonds is 4. The number of oxazole rings is 1. The van der Waals surface area contributed by atoms with E-state index >= 15 is 0 Å². The summed E-state index contributed by atoms with van der Waals surface area (Å²) in [6.07, 6.45) is 8.30. The van der Waals surface area contributed by atoms with Gasteiger partial charge in [0.15, 0.2) is 28.6 Å². The maximum atomic E-state index is 14.1. The molecule has 4 saturated carbocycles. The van der Waals surface area contributed by atoms with E-state index in [0.717, 1.165) is 51.4 Å². The Balaban J connectivity index is 1.18. The second kappa shape index (κ2) is 9.18. The second-order valence-electron chi connectivity index (χ2n) is 13.5. The summed E-state index contributed by atoms with van der Waals surface area (Å²) in [5, 5.41) is 21.7. The molecule has 4 nitrogen and oxygen atoms in total. The first-order valence-electron chi connectivity index (χ1n) is 14.4. The third-order valence-electron chi connectivity index (χ3n) is 11.9. The number of halogens is 4. The molecule has 4 aliphatic rings. The van der Waals surface area contributed by atoms with Crippen molar-refractivity contribution in [2.75, 3.05) is 0 Å². The van der Waals surface area contributed by atoms with Gasteiger partial charge in [-0.15, -0.1) is 0 Å². The SMILES string of the molecule is CC(CCc1nc2c(F)c(F)c(F)c(F)c2o1)[C@H]1CC[C@H]2[C@@H]3[C@H](O)C[C@@H]4C[C@H](O)CC[C@]4(C)[C@H]3CC[C@]12C. The summed E-state index contributed by atoms with van der Waals surface area (Å²) >= 11 is 0. The monoisotopic (exact) mass is 537 g/mol. The van der Waals surface area contributed by atoms with Crippen LogP contribution in [-0.2, 0) is 6.42 Å². The van der Waals surface area contributed by atoms with Crippen molar-refractivity contribution in [3.8, 4) is 0 Å². The molecule has 8 heteroatoms. The number of hydrogen-bond donors (Lipinski definition) is 2. The van der Waals surface area contributed by atoms with Gasteiger partial charge in [-0.2, -0.15) is 4.39 Å². The van der Waals surface area contributed by atoms with Crippen LogP contribution in [0.3, 0.4) is 0 Å². The number of hydrogen-bond acceptors (Lipinski definition) is 4. The third-order valence-corrected chi connectivity index (χ3v) is 11.9. The molecule has 6 rings (SSSR count). The van der Waals surface area contributed by atoms with Gasteiger partial charge in [0.05, 0.1) is 12.2 Å². The zero-order chi connectivity index (χ0) is 27.1. The summed E-state index contributed by atoms with van der Waals surface area (Å²) in [6.45, 7) is 7.00. The van der Waals surface area contributed by atoms with E-state index in [2.05, 4.69) is 25.8 Å².